The van der Waals surface area contributed by atoms with Crippen molar-refractivity contribution in [1.29, 1.82) is 0 Å². The van der Waals surface area contributed by atoms with Crippen molar-refractivity contribution in [3.63, 3.8) is 0 Å². The van der Waals surface area contributed by atoms with Gasteiger partial charge in [-0.05, 0) is 67.0 Å². The van der Waals surface area contributed by atoms with Gasteiger partial charge in [0.15, 0.2) is 11.5 Å². The molecule has 0 aromatic heterocycles. The van der Waals surface area contributed by atoms with Crippen LogP contribution in [0.1, 0.15) is 68.9 Å². The molecule has 0 radical (unpaired) electrons. The standard InChI is InChI=1S/C27H33NO4/c29-27(16-20-6-1-2-7-20)28(23-9-3-4-10-23)17-21-8-5-11-24(14-21)30-18-22-12-13-25-26(15-22)32-19-31-25/h5,8,11-15,20,23H,1-4,6-7,9-10,16-19H2. The van der Waals surface area contributed by atoms with Crippen LogP contribution in [0.2, 0.25) is 0 Å². The van der Waals surface area contributed by atoms with Gasteiger partial charge >= 0.3 is 0 Å². The molecule has 32 heavy (non-hydrogen) atoms. The molecule has 170 valence electrons. The van der Waals surface area contributed by atoms with Gasteiger partial charge in [-0.15, -0.1) is 0 Å². The number of amides is 1. The Bertz CT molecular complexity index is 931. The molecule has 1 amide bonds. The van der Waals surface area contributed by atoms with E-state index in [0.29, 0.717) is 31.0 Å². The molecular weight excluding hydrogens is 402 g/mol. The lowest BCUT2D eigenvalue weighted by atomic mass is 10.0. The Kier molecular flexibility index (Phi) is 6.51. The van der Waals surface area contributed by atoms with Crippen molar-refractivity contribution in [3.8, 4) is 17.2 Å². The van der Waals surface area contributed by atoms with Crippen LogP contribution in [0.4, 0.5) is 0 Å². The fourth-order valence-corrected chi connectivity index (χ4v) is 5.34. The zero-order valence-corrected chi connectivity index (χ0v) is 18.8. The molecule has 2 aromatic rings. The van der Waals surface area contributed by atoms with E-state index in [1.54, 1.807) is 0 Å². The zero-order chi connectivity index (χ0) is 21.8. The first-order valence-corrected chi connectivity index (χ1v) is 12.1. The van der Waals surface area contributed by atoms with Crippen LogP contribution in [0, 0.1) is 5.92 Å². The summed E-state index contributed by atoms with van der Waals surface area (Å²) >= 11 is 0. The highest BCUT2D eigenvalue weighted by molar-refractivity contribution is 5.77. The minimum absolute atomic E-state index is 0.276. The average molecular weight is 436 g/mol. The van der Waals surface area contributed by atoms with E-state index in [4.69, 9.17) is 14.2 Å². The monoisotopic (exact) mass is 435 g/mol. The maximum atomic E-state index is 13.3. The molecule has 2 aromatic carbocycles. The molecule has 0 atom stereocenters. The van der Waals surface area contributed by atoms with Crippen LogP contribution in [0.15, 0.2) is 42.5 Å². The molecule has 0 saturated heterocycles. The maximum absolute atomic E-state index is 13.3. The van der Waals surface area contributed by atoms with E-state index in [1.807, 2.05) is 30.3 Å². The van der Waals surface area contributed by atoms with Gasteiger partial charge in [0, 0.05) is 19.0 Å². The summed E-state index contributed by atoms with van der Waals surface area (Å²) in [4.78, 5) is 15.4. The van der Waals surface area contributed by atoms with Gasteiger partial charge in [0.1, 0.15) is 12.4 Å². The minimum atomic E-state index is 0.276. The van der Waals surface area contributed by atoms with Gasteiger partial charge in [0.25, 0.3) is 0 Å². The van der Waals surface area contributed by atoms with Crippen molar-refractivity contribution in [1.82, 2.24) is 4.90 Å². The Morgan fingerprint density at radius 2 is 1.69 bits per heavy atom. The molecule has 0 bridgehead atoms. The first kappa shape index (κ1) is 21.2. The molecule has 1 heterocycles. The summed E-state index contributed by atoms with van der Waals surface area (Å²) in [6.07, 6.45) is 10.5. The number of hydrogen-bond donors (Lipinski definition) is 0. The Balaban J connectivity index is 1.23. The summed E-state index contributed by atoms with van der Waals surface area (Å²) < 4.78 is 16.9. The Labute approximate surface area is 190 Å². The Morgan fingerprint density at radius 1 is 0.906 bits per heavy atom. The highest BCUT2D eigenvalue weighted by Gasteiger charge is 2.29. The predicted octanol–water partition coefficient (Wildman–Crippen LogP) is 5.85. The quantitative estimate of drug-likeness (QED) is 0.522. The number of ether oxygens (including phenoxy) is 3. The summed E-state index contributed by atoms with van der Waals surface area (Å²) in [5, 5.41) is 0. The lowest BCUT2D eigenvalue weighted by Gasteiger charge is -2.30. The van der Waals surface area contributed by atoms with Gasteiger partial charge in [-0.25, -0.2) is 0 Å². The van der Waals surface area contributed by atoms with Crippen LogP contribution >= 0.6 is 0 Å². The van der Waals surface area contributed by atoms with Crippen molar-refractivity contribution in [3.05, 3.63) is 53.6 Å². The van der Waals surface area contributed by atoms with E-state index in [-0.39, 0.29) is 6.79 Å². The largest absolute Gasteiger partial charge is 0.489 e. The van der Waals surface area contributed by atoms with Crippen LogP contribution in [0.5, 0.6) is 17.2 Å². The zero-order valence-electron chi connectivity index (χ0n) is 18.8. The maximum Gasteiger partial charge on any atom is 0.231 e. The van der Waals surface area contributed by atoms with E-state index in [9.17, 15) is 4.79 Å². The summed E-state index contributed by atoms with van der Waals surface area (Å²) in [5.74, 6) is 3.31. The summed E-state index contributed by atoms with van der Waals surface area (Å²) in [6.45, 7) is 1.42. The van der Waals surface area contributed by atoms with Crippen molar-refractivity contribution in [2.24, 2.45) is 5.92 Å². The highest BCUT2D eigenvalue weighted by Crippen LogP contribution is 2.33. The molecule has 2 aliphatic carbocycles. The molecule has 1 aliphatic heterocycles. The molecule has 2 saturated carbocycles. The van der Waals surface area contributed by atoms with Crippen molar-refractivity contribution >= 4 is 5.91 Å². The number of benzene rings is 2. The van der Waals surface area contributed by atoms with Gasteiger partial charge in [0.2, 0.25) is 12.7 Å². The molecular formula is C27H33NO4. The van der Waals surface area contributed by atoms with Crippen molar-refractivity contribution in [2.45, 2.75) is 77.0 Å². The van der Waals surface area contributed by atoms with E-state index >= 15 is 0 Å². The first-order valence-electron chi connectivity index (χ1n) is 12.1. The second-order valence-corrected chi connectivity index (χ2v) is 9.44. The molecule has 0 unspecified atom stereocenters. The number of nitrogens with zero attached hydrogens (tertiary/aromatic N) is 1. The molecule has 5 heteroatoms. The Morgan fingerprint density at radius 3 is 2.53 bits per heavy atom. The lowest BCUT2D eigenvalue weighted by molar-refractivity contribution is -0.135. The number of carbonyl (C=O) groups excluding carboxylic acids is 1. The summed E-state index contributed by atoms with van der Waals surface area (Å²) in [7, 11) is 0. The predicted molar refractivity (Wildman–Crippen MR) is 123 cm³/mol. The smallest absolute Gasteiger partial charge is 0.231 e. The highest BCUT2D eigenvalue weighted by atomic mass is 16.7. The number of hydrogen-bond acceptors (Lipinski definition) is 4. The number of rotatable bonds is 8. The van der Waals surface area contributed by atoms with Crippen LogP contribution in [-0.4, -0.2) is 23.6 Å². The van der Waals surface area contributed by atoms with E-state index in [0.717, 1.165) is 47.6 Å². The van der Waals surface area contributed by atoms with Crippen molar-refractivity contribution in [2.75, 3.05) is 6.79 Å². The average Bonchev–Trinajstić information content (AvgIpc) is 3.59. The fraction of sp³-hybridized carbons (Fsp3) is 0.519. The van der Waals surface area contributed by atoms with Crippen LogP contribution in [-0.2, 0) is 17.9 Å². The van der Waals surface area contributed by atoms with Crippen LogP contribution in [0.25, 0.3) is 0 Å². The topological polar surface area (TPSA) is 48.0 Å². The van der Waals surface area contributed by atoms with Crippen LogP contribution < -0.4 is 14.2 Å². The van der Waals surface area contributed by atoms with Gasteiger partial charge < -0.3 is 19.1 Å². The second kappa shape index (κ2) is 9.85. The lowest BCUT2D eigenvalue weighted by Crippen LogP contribution is -2.39. The Hall–Kier alpha value is -2.69. The van der Waals surface area contributed by atoms with Gasteiger partial charge in [-0.3, -0.25) is 4.79 Å². The molecule has 5 nitrogen and oxygen atoms in total. The number of fused-ring (bicyclic) bond motifs is 1. The SMILES string of the molecule is O=C(CC1CCCC1)N(Cc1cccc(OCc2ccc3c(c2)OCO3)c1)C1CCCC1. The van der Waals surface area contributed by atoms with E-state index < -0.39 is 0 Å². The second-order valence-electron chi connectivity index (χ2n) is 9.44. The van der Waals surface area contributed by atoms with E-state index in [2.05, 4.69) is 17.0 Å². The molecule has 2 fully saturated rings. The normalized spacial score (nSPS) is 18.2. The fourth-order valence-electron chi connectivity index (χ4n) is 5.34. The van der Waals surface area contributed by atoms with Crippen molar-refractivity contribution < 1.29 is 19.0 Å². The summed E-state index contributed by atoms with van der Waals surface area (Å²) in [6, 6.07) is 14.5. The molecule has 0 N–H and O–H groups in total. The van der Waals surface area contributed by atoms with Gasteiger partial charge in [0.05, 0.1) is 0 Å². The molecule has 0 spiro atoms. The van der Waals surface area contributed by atoms with E-state index in [1.165, 1.54) is 38.5 Å². The van der Waals surface area contributed by atoms with Gasteiger partial charge in [-0.2, -0.15) is 0 Å². The third-order valence-electron chi connectivity index (χ3n) is 7.12. The third-order valence-corrected chi connectivity index (χ3v) is 7.12. The molecule has 3 aliphatic rings. The van der Waals surface area contributed by atoms with Crippen LogP contribution in [0.3, 0.4) is 0 Å². The minimum Gasteiger partial charge on any atom is -0.489 e. The number of carbonyl (C=O) groups is 1. The summed E-state index contributed by atoms with van der Waals surface area (Å²) in [5.41, 5.74) is 2.18. The third kappa shape index (κ3) is 5.03. The molecule has 5 rings (SSSR count). The first-order chi connectivity index (χ1) is 15.7. The van der Waals surface area contributed by atoms with Gasteiger partial charge in [-0.1, -0.05) is 43.9 Å².